The van der Waals surface area contributed by atoms with Crippen LogP contribution in [0.25, 0.3) is 0 Å². The highest BCUT2D eigenvalue weighted by molar-refractivity contribution is 7.70. The topological polar surface area (TPSA) is 81.7 Å². The summed E-state index contributed by atoms with van der Waals surface area (Å²) in [5.74, 6) is -0.554. The number of alkyl carbamates (subject to hydrolysis) is 1. The number of methoxy groups -OCH3 is 1. The van der Waals surface area contributed by atoms with Crippen molar-refractivity contribution in [2.75, 3.05) is 20.4 Å². The molecule has 0 saturated heterocycles. The molecule has 24 heavy (non-hydrogen) atoms. The molecule has 0 fully saturated rings. The van der Waals surface area contributed by atoms with Crippen LogP contribution < -0.4 is 10.6 Å². The fourth-order valence-electron chi connectivity index (χ4n) is 2.01. The maximum absolute atomic E-state index is 12.0. The average Bonchev–Trinajstić information content (AvgIpc) is 2.43. The van der Waals surface area contributed by atoms with Gasteiger partial charge < -0.3 is 19.4 Å². The van der Waals surface area contributed by atoms with Crippen LogP contribution >= 0.6 is 7.14 Å². The van der Waals surface area contributed by atoms with Gasteiger partial charge in [0.25, 0.3) is 0 Å². The van der Waals surface area contributed by atoms with Crippen LogP contribution in [0.1, 0.15) is 26.3 Å². The molecule has 7 heteroatoms. The lowest BCUT2D eigenvalue weighted by Gasteiger charge is -2.22. The lowest BCUT2D eigenvalue weighted by atomic mass is 10.1. The maximum Gasteiger partial charge on any atom is 0.408 e. The summed E-state index contributed by atoms with van der Waals surface area (Å²) in [7, 11) is -1.06. The Morgan fingerprint density at radius 2 is 1.71 bits per heavy atom. The Hall–Kier alpha value is -1.81. The molecule has 0 aliphatic heterocycles. The molecule has 1 rings (SSSR count). The van der Waals surface area contributed by atoms with Crippen molar-refractivity contribution >= 4 is 24.5 Å². The van der Waals surface area contributed by atoms with Gasteiger partial charge in [0.15, 0.2) is 0 Å². The summed E-state index contributed by atoms with van der Waals surface area (Å²) in [6, 6.07) is 6.28. The van der Waals surface area contributed by atoms with Gasteiger partial charge >= 0.3 is 12.1 Å². The van der Waals surface area contributed by atoms with Crippen LogP contribution in [0.5, 0.6) is 0 Å². The minimum atomic E-state index is -2.32. The van der Waals surface area contributed by atoms with Crippen molar-refractivity contribution in [3.63, 3.8) is 0 Å². The third-order valence-corrected chi connectivity index (χ3v) is 4.72. The largest absolute Gasteiger partial charge is 0.467 e. The predicted molar refractivity (Wildman–Crippen MR) is 94.4 cm³/mol. The number of carbonyl (C=O) groups is 2. The molecule has 0 aromatic heterocycles. The molecule has 0 spiro atoms. The number of benzene rings is 1. The van der Waals surface area contributed by atoms with E-state index in [0.29, 0.717) is 0 Å². The van der Waals surface area contributed by atoms with Crippen LogP contribution in [0, 0.1) is 0 Å². The van der Waals surface area contributed by atoms with E-state index in [1.807, 2.05) is 0 Å². The van der Waals surface area contributed by atoms with Crippen molar-refractivity contribution in [1.29, 1.82) is 0 Å². The van der Waals surface area contributed by atoms with E-state index in [0.717, 1.165) is 10.9 Å². The molecule has 1 atom stereocenters. The molecule has 1 amide bonds. The Morgan fingerprint density at radius 1 is 1.17 bits per heavy atom. The second-order valence-corrected chi connectivity index (χ2v) is 10.2. The minimum absolute atomic E-state index is 0.254. The molecular weight excluding hydrogens is 329 g/mol. The third-order valence-electron chi connectivity index (χ3n) is 3.17. The molecule has 0 aliphatic rings. The standard InChI is InChI=1S/C17H26NO5P/c1-17(2,3)23-16(20)18-14(15(19)22-4)11-12-7-9-13(10-8-12)24(5,6)21/h7-10,14H,11H2,1-6H3,(H,18,20). The molecule has 0 aliphatic carbocycles. The Balaban J connectivity index is 2.85. The predicted octanol–water partition coefficient (Wildman–Crippen LogP) is 2.54. The van der Waals surface area contributed by atoms with Gasteiger partial charge in [-0.15, -0.1) is 0 Å². The van der Waals surface area contributed by atoms with Gasteiger partial charge in [-0.25, -0.2) is 9.59 Å². The summed E-state index contributed by atoms with van der Waals surface area (Å²) in [5.41, 5.74) is 0.161. The van der Waals surface area contributed by atoms with Crippen molar-refractivity contribution in [3.05, 3.63) is 29.8 Å². The monoisotopic (exact) mass is 355 g/mol. The van der Waals surface area contributed by atoms with Gasteiger partial charge in [-0.05, 0) is 39.7 Å². The molecule has 0 heterocycles. The third kappa shape index (κ3) is 6.75. The number of ether oxygens (including phenoxy) is 2. The van der Waals surface area contributed by atoms with Crippen molar-refractivity contribution < 1.29 is 23.6 Å². The molecule has 1 N–H and O–H groups in total. The van der Waals surface area contributed by atoms with E-state index in [-0.39, 0.29) is 6.42 Å². The quantitative estimate of drug-likeness (QED) is 0.648. The normalized spacial score (nSPS) is 13.1. The van der Waals surface area contributed by atoms with E-state index in [9.17, 15) is 14.2 Å². The number of hydrogen-bond acceptors (Lipinski definition) is 5. The summed E-state index contributed by atoms with van der Waals surface area (Å²) in [4.78, 5) is 23.8. The Bertz CT molecular complexity index is 627. The van der Waals surface area contributed by atoms with E-state index < -0.39 is 30.8 Å². The highest BCUT2D eigenvalue weighted by atomic mass is 31.2. The van der Waals surface area contributed by atoms with Crippen LogP contribution in [0.3, 0.4) is 0 Å². The van der Waals surface area contributed by atoms with E-state index >= 15 is 0 Å². The van der Waals surface area contributed by atoms with E-state index in [2.05, 4.69) is 5.32 Å². The highest BCUT2D eigenvalue weighted by Crippen LogP contribution is 2.34. The minimum Gasteiger partial charge on any atom is -0.467 e. The van der Waals surface area contributed by atoms with E-state index in [4.69, 9.17) is 9.47 Å². The molecule has 0 radical (unpaired) electrons. The maximum atomic E-state index is 12.0. The molecule has 134 valence electrons. The van der Waals surface area contributed by atoms with Gasteiger partial charge in [0, 0.05) is 11.7 Å². The summed E-state index contributed by atoms with van der Waals surface area (Å²) in [6.45, 7) is 8.62. The first kappa shape index (κ1) is 20.2. The van der Waals surface area contributed by atoms with Gasteiger partial charge in [-0.1, -0.05) is 24.3 Å². The van der Waals surface area contributed by atoms with Crippen LogP contribution in [0.2, 0.25) is 0 Å². The fraction of sp³-hybridized carbons (Fsp3) is 0.529. The number of carbonyl (C=O) groups excluding carboxylic acids is 2. The molecule has 1 aromatic carbocycles. The zero-order chi connectivity index (χ0) is 18.5. The summed E-state index contributed by atoms with van der Waals surface area (Å²) >= 11 is 0. The van der Waals surface area contributed by atoms with Crippen LogP contribution in [-0.4, -0.2) is 44.1 Å². The Labute approximate surface area is 143 Å². The first-order valence-electron chi connectivity index (χ1n) is 7.64. The number of rotatable bonds is 5. The Morgan fingerprint density at radius 3 is 2.12 bits per heavy atom. The molecule has 0 bridgehead atoms. The lowest BCUT2D eigenvalue weighted by molar-refractivity contribution is -0.143. The molecule has 1 aromatic rings. The molecule has 0 saturated carbocycles. The fourth-order valence-corrected chi connectivity index (χ4v) is 2.88. The van der Waals surface area contributed by atoms with Crippen molar-refractivity contribution in [2.45, 2.75) is 38.8 Å². The summed E-state index contributed by atoms with van der Waals surface area (Å²) in [5, 5.41) is 3.29. The SMILES string of the molecule is COC(=O)C(Cc1ccc(P(C)(C)=O)cc1)NC(=O)OC(C)(C)C. The van der Waals surface area contributed by atoms with E-state index in [1.54, 1.807) is 58.4 Å². The second kappa shape index (κ2) is 7.84. The molecule has 1 unspecified atom stereocenters. The van der Waals surface area contributed by atoms with Gasteiger partial charge in [0.2, 0.25) is 0 Å². The second-order valence-electron chi connectivity index (χ2n) is 6.94. The zero-order valence-corrected chi connectivity index (χ0v) is 16.0. The number of hydrogen-bond donors (Lipinski definition) is 1. The van der Waals surface area contributed by atoms with Crippen molar-refractivity contribution in [2.24, 2.45) is 0 Å². The highest BCUT2D eigenvalue weighted by Gasteiger charge is 2.25. The van der Waals surface area contributed by atoms with Gasteiger partial charge in [-0.2, -0.15) is 0 Å². The Kier molecular flexibility index (Phi) is 6.61. The van der Waals surface area contributed by atoms with E-state index in [1.165, 1.54) is 7.11 Å². The van der Waals surface area contributed by atoms with Crippen molar-refractivity contribution in [1.82, 2.24) is 5.32 Å². The van der Waals surface area contributed by atoms with Crippen molar-refractivity contribution in [3.8, 4) is 0 Å². The summed E-state index contributed by atoms with van der Waals surface area (Å²) < 4.78 is 21.9. The van der Waals surface area contributed by atoms with Gasteiger partial charge in [0.1, 0.15) is 18.8 Å². The average molecular weight is 355 g/mol. The first-order chi connectivity index (χ1) is 10.9. The van der Waals surface area contributed by atoms with Crippen LogP contribution in [-0.2, 0) is 25.3 Å². The zero-order valence-electron chi connectivity index (χ0n) is 15.1. The number of amides is 1. The van der Waals surface area contributed by atoms with Gasteiger partial charge in [-0.3, -0.25) is 0 Å². The van der Waals surface area contributed by atoms with Crippen LogP contribution in [0.15, 0.2) is 24.3 Å². The first-order valence-corrected chi connectivity index (χ1v) is 10.2. The molecule has 6 nitrogen and oxygen atoms in total. The summed E-state index contributed by atoms with van der Waals surface area (Å²) in [6.07, 6.45) is -0.426. The number of esters is 1. The smallest absolute Gasteiger partial charge is 0.408 e. The lowest BCUT2D eigenvalue weighted by Crippen LogP contribution is -2.45. The number of nitrogens with one attached hydrogen (secondary N) is 1. The van der Waals surface area contributed by atoms with Gasteiger partial charge in [0.05, 0.1) is 7.11 Å². The molecular formula is C17H26NO5P. The van der Waals surface area contributed by atoms with Crippen LogP contribution in [0.4, 0.5) is 4.79 Å².